The lowest BCUT2D eigenvalue weighted by molar-refractivity contribution is -0.123. The fraction of sp³-hybridized carbons (Fsp3) is 0.455. The molecule has 0 aromatic carbocycles. The summed E-state index contributed by atoms with van der Waals surface area (Å²) >= 11 is 0. The minimum absolute atomic E-state index is 0.00292. The number of hydrogen-bond donors (Lipinski definition) is 1. The molecule has 14 heavy (non-hydrogen) atoms. The number of nitrogens with one attached hydrogen (secondary N) is 1. The van der Waals surface area contributed by atoms with E-state index in [1.54, 1.807) is 6.20 Å². The van der Waals surface area contributed by atoms with Crippen LogP contribution in [-0.4, -0.2) is 10.9 Å². The molecule has 0 bridgehead atoms. The quantitative estimate of drug-likeness (QED) is 0.742. The summed E-state index contributed by atoms with van der Waals surface area (Å²) in [5.41, 5.74) is 1.32. The molecule has 0 aliphatic rings. The molecule has 0 fully saturated rings. The second-order valence-corrected chi connectivity index (χ2v) is 4.39. The molecular weight excluding hydrogens is 176 g/mol. The van der Waals surface area contributed by atoms with E-state index in [2.05, 4.69) is 10.3 Å². The maximum Gasteiger partial charge on any atom is 0.229 e. The predicted molar refractivity (Wildman–Crippen MR) is 57.1 cm³/mol. The predicted octanol–water partition coefficient (Wildman–Crippen LogP) is 2.37. The van der Waals surface area contributed by atoms with Gasteiger partial charge in [-0.25, -0.2) is 0 Å². The number of nitrogens with zero attached hydrogens (tertiary/aromatic N) is 1. The first kappa shape index (κ1) is 10.7. The zero-order valence-corrected chi connectivity index (χ0v) is 9.09. The Morgan fingerprint density at radius 3 is 2.43 bits per heavy atom. The number of hydrogen-bond acceptors (Lipinski definition) is 2. The van der Waals surface area contributed by atoms with Crippen LogP contribution in [0.2, 0.25) is 0 Å². The topological polar surface area (TPSA) is 42.0 Å². The van der Waals surface area contributed by atoms with E-state index in [1.165, 1.54) is 0 Å². The number of amides is 1. The first-order valence-electron chi connectivity index (χ1n) is 4.64. The molecule has 1 rings (SSSR count). The van der Waals surface area contributed by atoms with Crippen molar-refractivity contribution in [1.29, 1.82) is 0 Å². The molecule has 0 saturated carbocycles. The first-order chi connectivity index (χ1) is 6.39. The highest BCUT2D eigenvalue weighted by Gasteiger charge is 2.20. The van der Waals surface area contributed by atoms with E-state index in [9.17, 15) is 4.79 Å². The summed E-state index contributed by atoms with van der Waals surface area (Å²) in [5, 5.41) is 2.81. The maximum atomic E-state index is 11.6. The van der Waals surface area contributed by atoms with Crippen molar-refractivity contribution in [3.05, 3.63) is 24.0 Å². The highest BCUT2D eigenvalue weighted by Crippen LogP contribution is 2.16. The van der Waals surface area contributed by atoms with E-state index in [0.29, 0.717) is 0 Å². The smallest absolute Gasteiger partial charge is 0.229 e. The number of anilines is 1. The van der Waals surface area contributed by atoms with Gasteiger partial charge in [0.25, 0.3) is 0 Å². The Hall–Kier alpha value is -1.38. The molecule has 76 valence electrons. The van der Waals surface area contributed by atoms with E-state index in [1.807, 2.05) is 39.8 Å². The lowest BCUT2D eigenvalue weighted by Gasteiger charge is -2.17. The summed E-state index contributed by atoms with van der Waals surface area (Å²) in [6.45, 7) is 7.55. The Labute approximate surface area is 84.6 Å². The van der Waals surface area contributed by atoms with E-state index < -0.39 is 0 Å². The largest absolute Gasteiger partial charge is 0.324 e. The summed E-state index contributed by atoms with van der Waals surface area (Å²) in [4.78, 5) is 15.7. The maximum absolute atomic E-state index is 11.6. The second kappa shape index (κ2) is 3.78. The van der Waals surface area contributed by atoms with Crippen molar-refractivity contribution in [3.63, 3.8) is 0 Å². The van der Waals surface area contributed by atoms with Crippen LogP contribution in [0.4, 0.5) is 5.69 Å². The Morgan fingerprint density at radius 2 is 2.00 bits per heavy atom. The fourth-order valence-corrected chi connectivity index (χ4v) is 0.860. The second-order valence-electron chi connectivity index (χ2n) is 4.39. The molecule has 3 heteroatoms. The number of pyridine rings is 1. The van der Waals surface area contributed by atoms with E-state index in [-0.39, 0.29) is 11.3 Å². The highest BCUT2D eigenvalue weighted by atomic mass is 16.2. The monoisotopic (exact) mass is 192 g/mol. The average molecular weight is 192 g/mol. The third-order valence-electron chi connectivity index (χ3n) is 1.85. The van der Waals surface area contributed by atoms with Crippen LogP contribution in [0, 0.1) is 12.3 Å². The molecule has 0 aliphatic carbocycles. The molecule has 0 spiro atoms. The van der Waals surface area contributed by atoms with Gasteiger partial charge in [-0.05, 0) is 19.1 Å². The van der Waals surface area contributed by atoms with Crippen LogP contribution in [-0.2, 0) is 4.79 Å². The van der Waals surface area contributed by atoms with Gasteiger partial charge in [-0.15, -0.1) is 0 Å². The van der Waals surface area contributed by atoms with Crippen LogP contribution in [0.5, 0.6) is 0 Å². The zero-order chi connectivity index (χ0) is 10.8. The summed E-state index contributed by atoms with van der Waals surface area (Å²) in [5.74, 6) is 0.00292. The average Bonchev–Trinajstić information content (AvgIpc) is 2.07. The van der Waals surface area contributed by atoms with Gasteiger partial charge in [-0.1, -0.05) is 20.8 Å². The first-order valence-corrected chi connectivity index (χ1v) is 4.64. The van der Waals surface area contributed by atoms with Gasteiger partial charge in [0.05, 0.1) is 11.9 Å². The van der Waals surface area contributed by atoms with Crippen molar-refractivity contribution in [2.24, 2.45) is 5.41 Å². The molecule has 0 atom stereocenters. The van der Waals surface area contributed by atoms with Crippen LogP contribution in [0.25, 0.3) is 0 Å². The minimum atomic E-state index is -0.370. The Morgan fingerprint density at radius 1 is 1.36 bits per heavy atom. The molecule has 1 N–H and O–H groups in total. The fourth-order valence-electron chi connectivity index (χ4n) is 0.860. The van der Waals surface area contributed by atoms with Crippen LogP contribution < -0.4 is 5.32 Å². The molecule has 1 aromatic rings. The van der Waals surface area contributed by atoms with E-state index in [4.69, 9.17) is 0 Å². The van der Waals surface area contributed by atoms with Gasteiger partial charge in [-0.2, -0.15) is 0 Å². The van der Waals surface area contributed by atoms with E-state index in [0.717, 1.165) is 11.4 Å². The summed E-state index contributed by atoms with van der Waals surface area (Å²) in [7, 11) is 0. The van der Waals surface area contributed by atoms with Gasteiger partial charge in [-0.3, -0.25) is 9.78 Å². The molecule has 3 nitrogen and oxygen atoms in total. The summed E-state index contributed by atoms with van der Waals surface area (Å²) in [6.07, 6.45) is 1.67. The zero-order valence-electron chi connectivity index (χ0n) is 9.09. The molecule has 0 saturated heterocycles. The van der Waals surface area contributed by atoms with Crippen molar-refractivity contribution in [2.45, 2.75) is 27.7 Å². The van der Waals surface area contributed by atoms with Crippen LogP contribution in [0.15, 0.2) is 18.3 Å². The van der Waals surface area contributed by atoms with Crippen molar-refractivity contribution in [2.75, 3.05) is 5.32 Å². The third kappa shape index (κ3) is 2.83. The molecule has 0 radical (unpaired) electrons. The van der Waals surface area contributed by atoms with Crippen LogP contribution in [0.3, 0.4) is 0 Å². The minimum Gasteiger partial charge on any atom is -0.324 e. The SMILES string of the molecule is Cc1ccc(NC(=O)C(C)(C)C)cn1. The molecule has 1 amide bonds. The number of aromatic nitrogens is 1. The van der Waals surface area contributed by atoms with Crippen molar-refractivity contribution in [1.82, 2.24) is 4.98 Å². The highest BCUT2D eigenvalue weighted by molar-refractivity contribution is 5.94. The normalized spacial score (nSPS) is 11.1. The Bertz CT molecular complexity index is 322. The van der Waals surface area contributed by atoms with Crippen LogP contribution in [0.1, 0.15) is 26.5 Å². The third-order valence-corrected chi connectivity index (χ3v) is 1.85. The van der Waals surface area contributed by atoms with Crippen molar-refractivity contribution < 1.29 is 4.79 Å². The standard InChI is InChI=1S/C11H16N2O/c1-8-5-6-9(7-12-8)13-10(14)11(2,3)4/h5-7H,1-4H3,(H,13,14). The molecule has 0 aliphatic heterocycles. The van der Waals surface area contributed by atoms with Gasteiger partial charge in [0.15, 0.2) is 0 Å². The molecule has 1 aromatic heterocycles. The number of aryl methyl sites for hydroxylation is 1. The van der Waals surface area contributed by atoms with Gasteiger partial charge in [0.1, 0.15) is 0 Å². The van der Waals surface area contributed by atoms with Crippen molar-refractivity contribution in [3.8, 4) is 0 Å². The van der Waals surface area contributed by atoms with Gasteiger partial charge in [0.2, 0.25) is 5.91 Å². The molecule has 1 heterocycles. The Kier molecular flexibility index (Phi) is 2.89. The number of carbonyl (C=O) groups is 1. The summed E-state index contributed by atoms with van der Waals surface area (Å²) < 4.78 is 0. The summed E-state index contributed by atoms with van der Waals surface area (Å²) in [6, 6.07) is 3.73. The van der Waals surface area contributed by atoms with Gasteiger partial charge in [0, 0.05) is 11.1 Å². The molecule has 0 unspecified atom stereocenters. The van der Waals surface area contributed by atoms with Crippen LogP contribution >= 0.6 is 0 Å². The Balaban J connectivity index is 2.71. The van der Waals surface area contributed by atoms with Gasteiger partial charge >= 0.3 is 0 Å². The lowest BCUT2D eigenvalue weighted by atomic mass is 9.96. The van der Waals surface area contributed by atoms with Gasteiger partial charge < -0.3 is 5.32 Å². The molecular formula is C11H16N2O. The number of rotatable bonds is 1. The van der Waals surface area contributed by atoms with Crippen molar-refractivity contribution >= 4 is 11.6 Å². The number of carbonyl (C=O) groups excluding carboxylic acids is 1. The lowest BCUT2D eigenvalue weighted by Crippen LogP contribution is -2.27. The van der Waals surface area contributed by atoms with E-state index >= 15 is 0 Å².